The SMILES string of the molecule is [C-]#[N+]c1ccc(-c2cc(OC)n3cncc3c2C)cc1. The van der Waals surface area contributed by atoms with Gasteiger partial charge >= 0.3 is 0 Å². The molecule has 1 aromatic carbocycles. The monoisotopic (exact) mass is 263 g/mol. The van der Waals surface area contributed by atoms with Crippen LogP contribution in [0.1, 0.15) is 5.56 Å². The third-order valence-electron chi connectivity index (χ3n) is 3.45. The molecule has 2 aromatic heterocycles. The van der Waals surface area contributed by atoms with E-state index in [-0.39, 0.29) is 0 Å². The van der Waals surface area contributed by atoms with Crippen molar-refractivity contribution in [3.63, 3.8) is 0 Å². The summed E-state index contributed by atoms with van der Waals surface area (Å²) in [6.07, 6.45) is 3.57. The number of nitrogens with zero attached hydrogens (tertiary/aromatic N) is 3. The van der Waals surface area contributed by atoms with E-state index in [1.165, 1.54) is 0 Å². The van der Waals surface area contributed by atoms with Crippen molar-refractivity contribution in [2.24, 2.45) is 0 Å². The van der Waals surface area contributed by atoms with Crippen molar-refractivity contribution in [1.82, 2.24) is 9.38 Å². The van der Waals surface area contributed by atoms with E-state index in [1.807, 2.05) is 40.9 Å². The summed E-state index contributed by atoms with van der Waals surface area (Å²) in [4.78, 5) is 7.59. The summed E-state index contributed by atoms with van der Waals surface area (Å²) in [5.74, 6) is 0.743. The van der Waals surface area contributed by atoms with E-state index in [0.717, 1.165) is 28.1 Å². The molecule has 0 amide bonds. The number of hydrogen-bond donors (Lipinski definition) is 0. The highest BCUT2D eigenvalue weighted by atomic mass is 16.5. The number of benzene rings is 1. The lowest BCUT2D eigenvalue weighted by Gasteiger charge is -2.12. The Morgan fingerprint density at radius 3 is 2.65 bits per heavy atom. The number of aryl methyl sites for hydroxylation is 1. The van der Waals surface area contributed by atoms with E-state index in [1.54, 1.807) is 13.4 Å². The van der Waals surface area contributed by atoms with Gasteiger partial charge in [0.1, 0.15) is 6.33 Å². The van der Waals surface area contributed by atoms with Crippen molar-refractivity contribution in [3.05, 3.63) is 59.8 Å². The molecule has 0 fully saturated rings. The molecule has 0 aliphatic carbocycles. The van der Waals surface area contributed by atoms with Crippen molar-refractivity contribution < 1.29 is 4.74 Å². The zero-order valence-corrected chi connectivity index (χ0v) is 11.3. The normalized spacial score (nSPS) is 10.4. The first-order chi connectivity index (χ1) is 9.74. The molecule has 0 atom stereocenters. The van der Waals surface area contributed by atoms with Gasteiger partial charge in [-0.3, -0.25) is 4.40 Å². The maximum atomic E-state index is 7.01. The summed E-state index contributed by atoms with van der Waals surface area (Å²) < 4.78 is 7.35. The Balaban J connectivity index is 2.24. The van der Waals surface area contributed by atoms with Crippen LogP contribution in [0.2, 0.25) is 0 Å². The molecule has 20 heavy (non-hydrogen) atoms. The van der Waals surface area contributed by atoms with Gasteiger partial charge in [0.15, 0.2) is 11.6 Å². The summed E-state index contributed by atoms with van der Waals surface area (Å²) in [5, 5.41) is 0. The second-order valence-corrected chi connectivity index (χ2v) is 4.53. The molecule has 0 saturated carbocycles. The van der Waals surface area contributed by atoms with Gasteiger partial charge in [0, 0.05) is 6.07 Å². The van der Waals surface area contributed by atoms with Gasteiger partial charge in [0.05, 0.1) is 25.4 Å². The molecule has 3 rings (SSSR count). The van der Waals surface area contributed by atoms with Crippen molar-refractivity contribution in [2.75, 3.05) is 7.11 Å². The number of ether oxygens (including phenoxy) is 1. The van der Waals surface area contributed by atoms with E-state index >= 15 is 0 Å². The fraction of sp³-hybridized carbons (Fsp3) is 0.125. The van der Waals surface area contributed by atoms with Gasteiger partial charge < -0.3 is 4.74 Å². The topological polar surface area (TPSA) is 30.9 Å². The molecule has 0 aliphatic heterocycles. The average molecular weight is 263 g/mol. The standard InChI is InChI=1S/C16H13N3O/c1-11-14(12-4-6-13(17-2)7-5-12)8-16(20-3)19-10-18-9-15(11)19/h4-10H,1,3H3. The number of methoxy groups -OCH3 is 1. The number of fused-ring (bicyclic) bond motifs is 1. The van der Waals surface area contributed by atoms with Crippen LogP contribution < -0.4 is 4.74 Å². The molecule has 0 bridgehead atoms. The number of hydrogen-bond acceptors (Lipinski definition) is 2. The first-order valence-electron chi connectivity index (χ1n) is 6.22. The minimum absolute atomic E-state index is 0.642. The second-order valence-electron chi connectivity index (χ2n) is 4.53. The van der Waals surface area contributed by atoms with Gasteiger partial charge in [-0.25, -0.2) is 9.83 Å². The zero-order valence-electron chi connectivity index (χ0n) is 11.3. The molecular weight excluding hydrogens is 250 g/mol. The maximum Gasteiger partial charge on any atom is 0.199 e. The molecule has 2 heterocycles. The largest absolute Gasteiger partial charge is 0.482 e. The fourth-order valence-corrected chi connectivity index (χ4v) is 2.36. The summed E-state index contributed by atoms with van der Waals surface area (Å²) in [6, 6.07) is 9.57. The number of pyridine rings is 1. The van der Waals surface area contributed by atoms with Crippen molar-refractivity contribution in [3.8, 4) is 17.0 Å². The molecule has 98 valence electrons. The molecule has 0 aliphatic rings. The fourth-order valence-electron chi connectivity index (χ4n) is 2.36. The van der Waals surface area contributed by atoms with Crippen LogP contribution in [0.25, 0.3) is 21.5 Å². The van der Waals surface area contributed by atoms with Gasteiger partial charge in [-0.15, -0.1) is 0 Å². The quantitative estimate of drug-likeness (QED) is 0.657. The van der Waals surface area contributed by atoms with E-state index in [0.29, 0.717) is 5.69 Å². The highest BCUT2D eigenvalue weighted by Crippen LogP contribution is 2.31. The zero-order chi connectivity index (χ0) is 14.1. The van der Waals surface area contributed by atoms with Crippen LogP contribution in [-0.4, -0.2) is 16.5 Å². The Morgan fingerprint density at radius 1 is 1.25 bits per heavy atom. The van der Waals surface area contributed by atoms with E-state index in [2.05, 4.69) is 16.8 Å². The van der Waals surface area contributed by atoms with Crippen LogP contribution in [0.15, 0.2) is 42.9 Å². The lowest BCUT2D eigenvalue weighted by molar-refractivity contribution is 0.392. The van der Waals surface area contributed by atoms with Crippen LogP contribution in [0, 0.1) is 13.5 Å². The smallest absolute Gasteiger partial charge is 0.199 e. The van der Waals surface area contributed by atoms with Gasteiger partial charge in [-0.05, 0) is 23.6 Å². The second kappa shape index (κ2) is 4.71. The summed E-state index contributed by atoms with van der Waals surface area (Å²) in [6.45, 7) is 9.07. The predicted octanol–water partition coefficient (Wildman–Crippen LogP) is 3.87. The van der Waals surface area contributed by atoms with Gasteiger partial charge in [-0.2, -0.15) is 0 Å². The summed E-state index contributed by atoms with van der Waals surface area (Å²) >= 11 is 0. The minimum atomic E-state index is 0.642. The number of rotatable bonds is 2. The molecule has 0 spiro atoms. The van der Waals surface area contributed by atoms with Gasteiger partial charge in [0.2, 0.25) is 0 Å². The first kappa shape index (κ1) is 12.2. The lowest BCUT2D eigenvalue weighted by Crippen LogP contribution is -1.96. The van der Waals surface area contributed by atoms with E-state index < -0.39 is 0 Å². The Hall–Kier alpha value is -2.80. The van der Waals surface area contributed by atoms with Crippen LogP contribution in [0.4, 0.5) is 5.69 Å². The van der Waals surface area contributed by atoms with Gasteiger partial charge in [0.25, 0.3) is 0 Å². The van der Waals surface area contributed by atoms with Crippen LogP contribution >= 0.6 is 0 Å². The van der Waals surface area contributed by atoms with Crippen molar-refractivity contribution >= 4 is 11.2 Å². The van der Waals surface area contributed by atoms with Crippen molar-refractivity contribution in [2.45, 2.75) is 6.92 Å². The molecule has 4 nitrogen and oxygen atoms in total. The third kappa shape index (κ3) is 1.81. The third-order valence-corrected chi connectivity index (χ3v) is 3.45. The lowest BCUT2D eigenvalue weighted by atomic mass is 10.0. The Morgan fingerprint density at radius 2 is 2.00 bits per heavy atom. The van der Waals surface area contributed by atoms with Crippen molar-refractivity contribution in [1.29, 1.82) is 0 Å². The van der Waals surface area contributed by atoms with E-state index in [4.69, 9.17) is 11.3 Å². The Bertz CT molecular complexity index is 810. The van der Waals surface area contributed by atoms with Crippen LogP contribution in [-0.2, 0) is 0 Å². The maximum absolute atomic E-state index is 7.01. The number of aromatic nitrogens is 2. The molecule has 0 unspecified atom stereocenters. The van der Waals surface area contributed by atoms with Gasteiger partial charge in [-0.1, -0.05) is 24.3 Å². The molecule has 0 radical (unpaired) electrons. The summed E-state index contributed by atoms with van der Waals surface area (Å²) in [5.41, 5.74) is 4.96. The highest BCUT2D eigenvalue weighted by Gasteiger charge is 2.11. The molecule has 0 N–H and O–H groups in total. The number of imidazole rings is 1. The predicted molar refractivity (Wildman–Crippen MR) is 78.2 cm³/mol. The van der Waals surface area contributed by atoms with Crippen LogP contribution in [0.3, 0.4) is 0 Å². The van der Waals surface area contributed by atoms with Crippen LogP contribution in [0.5, 0.6) is 5.88 Å². The average Bonchev–Trinajstić information content (AvgIpc) is 2.98. The Kier molecular flexibility index (Phi) is 2.88. The highest BCUT2D eigenvalue weighted by molar-refractivity contribution is 5.77. The molecule has 4 heteroatoms. The molecular formula is C16H13N3O. The Labute approximate surface area is 117 Å². The van der Waals surface area contributed by atoms with E-state index in [9.17, 15) is 0 Å². The first-order valence-corrected chi connectivity index (χ1v) is 6.22. The molecule has 3 aromatic rings. The minimum Gasteiger partial charge on any atom is -0.482 e. The molecule has 0 saturated heterocycles. The summed E-state index contributed by atoms with van der Waals surface area (Å²) in [7, 11) is 1.65.